The van der Waals surface area contributed by atoms with E-state index in [2.05, 4.69) is 74.9 Å². The highest BCUT2D eigenvalue weighted by atomic mass is 127. The smallest absolute Gasteiger partial charge is 0.191 e. The number of anilines is 1. The second kappa shape index (κ2) is 14.4. The first-order valence-electron chi connectivity index (χ1n) is 11.9. The summed E-state index contributed by atoms with van der Waals surface area (Å²) in [7, 11) is 4.13. The van der Waals surface area contributed by atoms with E-state index in [0.29, 0.717) is 12.6 Å². The van der Waals surface area contributed by atoms with E-state index in [4.69, 9.17) is 4.99 Å². The van der Waals surface area contributed by atoms with Gasteiger partial charge in [-0.1, -0.05) is 25.1 Å². The molecule has 1 aromatic heterocycles. The van der Waals surface area contributed by atoms with Gasteiger partial charge in [0, 0.05) is 52.0 Å². The van der Waals surface area contributed by atoms with Crippen LogP contribution in [0.15, 0.2) is 35.3 Å². The zero-order chi connectivity index (χ0) is 22.8. The standard InChI is InChI=1S/C24H40N8.HI/c1-5-15-32-17-12-21(13-18-32)27-24(26-19-23-29-28-20(2)31(23)4)25-14-9-16-30(3)22-10-7-6-8-11-22;/h6-8,10-11,21H,5,9,12-19H2,1-4H3,(H2,25,26,27);1H. The molecule has 0 bridgehead atoms. The van der Waals surface area contributed by atoms with Crippen molar-refractivity contribution in [3.8, 4) is 0 Å². The molecule has 0 amide bonds. The lowest BCUT2D eigenvalue weighted by Gasteiger charge is -2.33. The molecule has 1 aliphatic rings. The molecule has 3 rings (SSSR count). The Balaban J connectivity index is 0.00000385. The van der Waals surface area contributed by atoms with Gasteiger partial charge in [0.15, 0.2) is 11.8 Å². The second-order valence-electron chi connectivity index (χ2n) is 8.68. The van der Waals surface area contributed by atoms with Gasteiger partial charge in [0.25, 0.3) is 0 Å². The number of piperidine rings is 1. The van der Waals surface area contributed by atoms with Crippen molar-refractivity contribution >= 4 is 35.6 Å². The number of rotatable bonds is 10. The van der Waals surface area contributed by atoms with E-state index in [0.717, 1.165) is 63.0 Å². The van der Waals surface area contributed by atoms with Crippen molar-refractivity contribution in [1.29, 1.82) is 0 Å². The first-order chi connectivity index (χ1) is 15.6. The summed E-state index contributed by atoms with van der Waals surface area (Å²) in [6.45, 7) is 10.1. The van der Waals surface area contributed by atoms with Crippen LogP contribution in [0, 0.1) is 6.92 Å². The number of nitrogens with zero attached hydrogens (tertiary/aromatic N) is 6. The van der Waals surface area contributed by atoms with Gasteiger partial charge in [-0.3, -0.25) is 0 Å². The minimum Gasteiger partial charge on any atom is -0.375 e. The van der Waals surface area contributed by atoms with E-state index in [9.17, 15) is 0 Å². The van der Waals surface area contributed by atoms with Crippen LogP contribution in [0.25, 0.3) is 0 Å². The summed E-state index contributed by atoms with van der Waals surface area (Å²) in [4.78, 5) is 9.69. The van der Waals surface area contributed by atoms with Gasteiger partial charge in [0.2, 0.25) is 0 Å². The van der Waals surface area contributed by atoms with Crippen molar-refractivity contribution in [2.24, 2.45) is 12.0 Å². The van der Waals surface area contributed by atoms with Gasteiger partial charge in [0.05, 0.1) is 0 Å². The van der Waals surface area contributed by atoms with Crippen LogP contribution >= 0.6 is 24.0 Å². The fraction of sp³-hybridized carbons (Fsp3) is 0.625. The molecule has 0 saturated carbocycles. The van der Waals surface area contributed by atoms with Crippen LogP contribution in [-0.4, -0.2) is 71.4 Å². The number of benzene rings is 1. The normalized spacial score (nSPS) is 15.2. The highest BCUT2D eigenvalue weighted by molar-refractivity contribution is 14.0. The number of guanidine groups is 1. The van der Waals surface area contributed by atoms with Crippen LogP contribution in [0.5, 0.6) is 0 Å². The SMILES string of the molecule is CCCN1CCC(NC(=NCc2nnc(C)n2C)NCCCN(C)c2ccccc2)CC1.I. The minimum absolute atomic E-state index is 0. The lowest BCUT2D eigenvalue weighted by atomic mass is 10.1. The van der Waals surface area contributed by atoms with E-state index < -0.39 is 0 Å². The third kappa shape index (κ3) is 8.77. The molecule has 1 fully saturated rings. The van der Waals surface area contributed by atoms with E-state index in [-0.39, 0.29) is 24.0 Å². The molecule has 8 nitrogen and oxygen atoms in total. The Morgan fingerprint density at radius 1 is 1.18 bits per heavy atom. The Kier molecular flexibility index (Phi) is 11.9. The molecule has 184 valence electrons. The molecule has 1 aromatic carbocycles. The predicted octanol–water partition coefficient (Wildman–Crippen LogP) is 3.18. The fourth-order valence-corrected chi connectivity index (χ4v) is 4.04. The lowest BCUT2D eigenvalue weighted by molar-refractivity contribution is 0.206. The zero-order valence-corrected chi connectivity index (χ0v) is 23.0. The Bertz CT molecular complexity index is 830. The number of nitrogens with one attached hydrogen (secondary N) is 2. The number of aromatic nitrogens is 3. The highest BCUT2D eigenvalue weighted by Crippen LogP contribution is 2.12. The maximum atomic E-state index is 4.84. The molecular weight excluding hydrogens is 527 g/mol. The number of halogens is 1. The van der Waals surface area contributed by atoms with Crippen LogP contribution in [0.1, 0.15) is 44.3 Å². The summed E-state index contributed by atoms with van der Waals surface area (Å²) in [5.74, 6) is 2.66. The Morgan fingerprint density at radius 2 is 1.91 bits per heavy atom. The Morgan fingerprint density at radius 3 is 2.55 bits per heavy atom. The summed E-state index contributed by atoms with van der Waals surface area (Å²) in [5, 5.41) is 15.6. The van der Waals surface area contributed by atoms with Crippen LogP contribution in [0.2, 0.25) is 0 Å². The molecular formula is C24H41IN8. The van der Waals surface area contributed by atoms with Crippen molar-refractivity contribution in [3.05, 3.63) is 42.0 Å². The molecule has 1 aliphatic heterocycles. The molecule has 0 spiro atoms. The summed E-state index contributed by atoms with van der Waals surface area (Å²) >= 11 is 0. The topological polar surface area (TPSA) is 73.6 Å². The molecule has 2 N–H and O–H groups in total. The first kappa shape index (κ1) is 27.4. The third-order valence-corrected chi connectivity index (χ3v) is 6.19. The van der Waals surface area contributed by atoms with Gasteiger partial charge < -0.3 is 25.0 Å². The zero-order valence-electron chi connectivity index (χ0n) is 20.6. The first-order valence-corrected chi connectivity index (χ1v) is 11.9. The maximum absolute atomic E-state index is 4.84. The number of aryl methyl sites for hydroxylation is 1. The van der Waals surface area contributed by atoms with Gasteiger partial charge in [-0.2, -0.15) is 0 Å². The van der Waals surface area contributed by atoms with Crippen molar-refractivity contribution in [1.82, 2.24) is 30.3 Å². The molecule has 2 aromatic rings. The van der Waals surface area contributed by atoms with E-state index >= 15 is 0 Å². The summed E-state index contributed by atoms with van der Waals surface area (Å²) in [5.41, 5.74) is 1.25. The van der Waals surface area contributed by atoms with Gasteiger partial charge in [-0.05, 0) is 51.3 Å². The quantitative estimate of drug-likeness (QED) is 0.199. The maximum Gasteiger partial charge on any atom is 0.191 e. The van der Waals surface area contributed by atoms with Gasteiger partial charge >= 0.3 is 0 Å². The highest BCUT2D eigenvalue weighted by Gasteiger charge is 2.19. The summed E-state index contributed by atoms with van der Waals surface area (Å²) in [6.07, 6.45) is 4.56. The van der Waals surface area contributed by atoms with E-state index in [1.54, 1.807) is 0 Å². The molecule has 0 atom stereocenters. The van der Waals surface area contributed by atoms with E-state index in [1.165, 1.54) is 18.7 Å². The van der Waals surface area contributed by atoms with Crippen molar-refractivity contribution in [2.45, 2.75) is 52.1 Å². The van der Waals surface area contributed by atoms with Gasteiger partial charge in [-0.15, -0.1) is 34.2 Å². The Hall–Kier alpha value is -1.88. The lowest BCUT2D eigenvalue weighted by Crippen LogP contribution is -2.49. The fourth-order valence-electron chi connectivity index (χ4n) is 4.04. The number of likely N-dealkylation sites (tertiary alicyclic amines) is 1. The molecule has 33 heavy (non-hydrogen) atoms. The van der Waals surface area contributed by atoms with Crippen LogP contribution in [-0.2, 0) is 13.6 Å². The predicted molar refractivity (Wildman–Crippen MR) is 148 cm³/mol. The molecule has 0 unspecified atom stereocenters. The van der Waals surface area contributed by atoms with Gasteiger partial charge in [0.1, 0.15) is 12.4 Å². The average molecular weight is 569 g/mol. The third-order valence-electron chi connectivity index (χ3n) is 6.19. The van der Waals surface area contributed by atoms with Crippen LogP contribution in [0.3, 0.4) is 0 Å². The van der Waals surface area contributed by atoms with Gasteiger partial charge in [-0.25, -0.2) is 4.99 Å². The van der Waals surface area contributed by atoms with Crippen molar-refractivity contribution in [3.63, 3.8) is 0 Å². The van der Waals surface area contributed by atoms with Crippen molar-refractivity contribution < 1.29 is 0 Å². The molecule has 0 aliphatic carbocycles. The number of para-hydroxylation sites is 1. The number of hydrogen-bond donors (Lipinski definition) is 2. The van der Waals surface area contributed by atoms with Crippen molar-refractivity contribution in [2.75, 3.05) is 44.7 Å². The number of hydrogen-bond acceptors (Lipinski definition) is 5. The van der Waals surface area contributed by atoms with Crippen LogP contribution < -0.4 is 15.5 Å². The monoisotopic (exact) mass is 568 g/mol. The number of aliphatic imine (C=N–C) groups is 1. The average Bonchev–Trinajstić information content (AvgIpc) is 3.14. The Labute approximate surface area is 216 Å². The largest absolute Gasteiger partial charge is 0.375 e. The molecule has 1 saturated heterocycles. The molecule has 2 heterocycles. The van der Waals surface area contributed by atoms with Crippen LogP contribution in [0.4, 0.5) is 5.69 Å². The second-order valence-corrected chi connectivity index (χ2v) is 8.68. The molecule has 0 radical (unpaired) electrons. The molecule has 9 heteroatoms. The van der Waals surface area contributed by atoms with E-state index in [1.807, 2.05) is 18.5 Å². The minimum atomic E-state index is 0. The summed E-state index contributed by atoms with van der Waals surface area (Å²) in [6, 6.07) is 11.0. The summed E-state index contributed by atoms with van der Waals surface area (Å²) < 4.78 is 2.00.